The van der Waals surface area contributed by atoms with Gasteiger partial charge in [0.05, 0.1) is 0 Å². The summed E-state index contributed by atoms with van der Waals surface area (Å²) in [6.07, 6.45) is 2.46. The second-order valence-corrected chi connectivity index (χ2v) is 3.21. The highest BCUT2D eigenvalue weighted by Gasteiger charge is 2.22. The first-order valence-electron chi connectivity index (χ1n) is 4.30. The first-order valence-corrected chi connectivity index (χ1v) is 4.83. The van der Waals surface area contributed by atoms with E-state index in [0.717, 1.165) is 19.3 Å². The number of amides is 1. The van der Waals surface area contributed by atoms with Gasteiger partial charge >= 0.3 is 0 Å². The number of halogens is 1. The summed E-state index contributed by atoms with van der Waals surface area (Å²) < 4.78 is 5.20. The Hall–Kier alpha value is -0.280. The minimum Gasteiger partial charge on any atom is -0.368 e. The maximum absolute atomic E-state index is 11.2. The van der Waals surface area contributed by atoms with Crippen molar-refractivity contribution >= 4 is 17.5 Å². The number of carbonyl (C=O) groups excluding carboxylic acids is 1. The second-order valence-electron chi connectivity index (χ2n) is 2.84. The van der Waals surface area contributed by atoms with Crippen LogP contribution in [0.5, 0.6) is 0 Å². The number of carbonyl (C=O) groups is 1. The van der Waals surface area contributed by atoms with Gasteiger partial charge < -0.3 is 10.1 Å². The molecule has 1 saturated heterocycles. The van der Waals surface area contributed by atoms with E-state index in [1.54, 1.807) is 0 Å². The molecule has 4 heteroatoms. The van der Waals surface area contributed by atoms with Gasteiger partial charge in [0.15, 0.2) is 0 Å². The summed E-state index contributed by atoms with van der Waals surface area (Å²) in [6, 6.07) is 0. The van der Waals surface area contributed by atoms with Crippen molar-refractivity contribution in [1.29, 1.82) is 0 Å². The van der Waals surface area contributed by atoms with Gasteiger partial charge in [-0.3, -0.25) is 4.79 Å². The summed E-state index contributed by atoms with van der Waals surface area (Å²) in [5.41, 5.74) is 0. The van der Waals surface area contributed by atoms with E-state index < -0.39 is 0 Å². The highest BCUT2D eigenvalue weighted by molar-refractivity contribution is 6.17. The third-order valence-electron chi connectivity index (χ3n) is 1.83. The normalized spacial score (nSPS) is 22.6. The van der Waals surface area contributed by atoms with Gasteiger partial charge in [0, 0.05) is 19.0 Å². The molecule has 0 spiro atoms. The quantitative estimate of drug-likeness (QED) is 0.530. The average Bonchev–Trinajstić information content (AvgIpc) is 2.56. The van der Waals surface area contributed by atoms with Crippen LogP contribution in [0.2, 0.25) is 0 Å². The predicted molar refractivity (Wildman–Crippen MR) is 47.3 cm³/mol. The summed E-state index contributed by atoms with van der Waals surface area (Å²) in [6.45, 7) is 1.37. The maximum atomic E-state index is 11.2. The monoisotopic (exact) mass is 191 g/mol. The van der Waals surface area contributed by atoms with E-state index in [9.17, 15) is 4.79 Å². The molecular formula is C8H14ClNO2. The van der Waals surface area contributed by atoms with Crippen molar-refractivity contribution in [3.8, 4) is 0 Å². The van der Waals surface area contributed by atoms with Gasteiger partial charge in [-0.15, -0.1) is 11.6 Å². The van der Waals surface area contributed by atoms with Crippen molar-refractivity contribution in [3.63, 3.8) is 0 Å². The third-order valence-corrected chi connectivity index (χ3v) is 2.10. The zero-order valence-corrected chi connectivity index (χ0v) is 7.77. The minimum atomic E-state index is -0.208. The van der Waals surface area contributed by atoms with Crippen LogP contribution < -0.4 is 5.32 Å². The Balaban J connectivity index is 2.10. The zero-order chi connectivity index (χ0) is 8.81. The average molecular weight is 192 g/mol. The summed E-state index contributed by atoms with van der Waals surface area (Å²) in [5, 5.41) is 2.78. The number of hydrogen-bond donors (Lipinski definition) is 1. The molecule has 0 aliphatic carbocycles. The Morgan fingerprint density at radius 2 is 2.50 bits per heavy atom. The largest absolute Gasteiger partial charge is 0.368 e. The van der Waals surface area contributed by atoms with Crippen LogP contribution in [-0.2, 0) is 9.53 Å². The van der Waals surface area contributed by atoms with Crippen LogP contribution in [0.3, 0.4) is 0 Å². The van der Waals surface area contributed by atoms with Crippen molar-refractivity contribution < 1.29 is 9.53 Å². The van der Waals surface area contributed by atoms with Gasteiger partial charge in [-0.1, -0.05) is 0 Å². The first-order chi connectivity index (χ1) is 5.84. The number of nitrogens with one attached hydrogen (secondary N) is 1. The fourth-order valence-electron chi connectivity index (χ4n) is 1.18. The SMILES string of the molecule is O=C(NCCCCl)C1CCCO1. The zero-order valence-electron chi connectivity index (χ0n) is 7.01. The lowest BCUT2D eigenvalue weighted by atomic mass is 10.2. The van der Waals surface area contributed by atoms with Crippen LogP contribution in [0.1, 0.15) is 19.3 Å². The molecule has 1 atom stereocenters. The third kappa shape index (κ3) is 2.99. The lowest BCUT2D eigenvalue weighted by Crippen LogP contribution is -2.34. The lowest BCUT2D eigenvalue weighted by molar-refractivity contribution is -0.130. The van der Waals surface area contributed by atoms with Crippen molar-refractivity contribution in [1.82, 2.24) is 5.32 Å². The number of hydrogen-bond acceptors (Lipinski definition) is 2. The fraction of sp³-hybridized carbons (Fsp3) is 0.875. The van der Waals surface area contributed by atoms with Gasteiger partial charge in [0.1, 0.15) is 6.10 Å². The predicted octanol–water partition coefficient (Wildman–Crippen LogP) is 0.910. The molecule has 0 aromatic rings. The standard InChI is InChI=1S/C8H14ClNO2/c9-4-2-5-10-8(11)7-3-1-6-12-7/h7H,1-6H2,(H,10,11). The second kappa shape index (κ2) is 5.38. The van der Waals surface area contributed by atoms with E-state index >= 15 is 0 Å². The molecule has 1 N–H and O–H groups in total. The molecule has 0 bridgehead atoms. The van der Waals surface area contributed by atoms with Crippen LogP contribution in [0.25, 0.3) is 0 Å². The molecule has 1 unspecified atom stereocenters. The number of ether oxygens (including phenoxy) is 1. The van der Waals surface area contributed by atoms with Crippen molar-refractivity contribution in [2.24, 2.45) is 0 Å². The van der Waals surface area contributed by atoms with E-state index in [0.29, 0.717) is 19.0 Å². The van der Waals surface area contributed by atoms with E-state index in [1.807, 2.05) is 0 Å². The molecule has 1 amide bonds. The molecule has 1 aliphatic heterocycles. The highest BCUT2D eigenvalue weighted by atomic mass is 35.5. The molecule has 1 fully saturated rings. The van der Waals surface area contributed by atoms with Gasteiger partial charge in [0.2, 0.25) is 5.91 Å². The molecule has 0 aromatic carbocycles. The smallest absolute Gasteiger partial charge is 0.249 e. The lowest BCUT2D eigenvalue weighted by Gasteiger charge is -2.08. The molecule has 0 saturated carbocycles. The summed E-state index contributed by atoms with van der Waals surface area (Å²) >= 11 is 5.46. The van der Waals surface area contributed by atoms with Gasteiger partial charge in [0.25, 0.3) is 0 Å². The molecule has 1 aliphatic rings. The molecule has 1 rings (SSSR count). The van der Waals surface area contributed by atoms with E-state index in [-0.39, 0.29) is 12.0 Å². The van der Waals surface area contributed by atoms with Crippen molar-refractivity contribution in [3.05, 3.63) is 0 Å². The highest BCUT2D eigenvalue weighted by Crippen LogP contribution is 2.11. The first kappa shape index (κ1) is 9.81. The topological polar surface area (TPSA) is 38.3 Å². The van der Waals surface area contributed by atoms with E-state index in [2.05, 4.69) is 5.32 Å². The molecule has 0 aromatic heterocycles. The molecule has 70 valence electrons. The van der Waals surface area contributed by atoms with Crippen LogP contribution >= 0.6 is 11.6 Å². The minimum absolute atomic E-state index is 0.0117. The summed E-state index contributed by atoms with van der Waals surface area (Å²) in [4.78, 5) is 11.2. The Labute approximate surface area is 77.4 Å². The fourth-order valence-corrected chi connectivity index (χ4v) is 1.31. The van der Waals surface area contributed by atoms with E-state index in [4.69, 9.17) is 16.3 Å². The van der Waals surface area contributed by atoms with Crippen LogP contribution in [0.15, 0.2) is 0 Å². The van der Waals surface area contributed by atoms with Crippen LogP contribution in [-0.4, -0.2) is 31.0 Å². The maximum Gasteiger partial charge on any atom is 0.249 e. The molecular weight excluding hydrogens is 178 g/mol. The Morgan fingerprint density at radius 3 is 3.08 bits per heavy atom. The Morgan fingerprint density at radius 1 is 1.67 bits per heavy atom. The van der Waals surface area contributed by atoms with Crippen molar-refractivity contribution in [2.45, 2.75) is 25.4 Å². The van der Waals surface area contributed by atoms with Gasteiger partial charge in [-0.25, -0.2) is 0 Å². The summed E-state index contributed by atoms with van der Waals surface area (Å²) in [5.74, 6) is 0.601. The molecule has 3 nitrogen and oxygen atoms in total. The van der Waals surface area contributed by atoms with Crippen LogP contribution in [0, 0.1) is 0 Å². The molecule has 1 heterocycles. The van der Waals surface area contributed by atoms with Gasteiger partial charge in [-0.05, 0) is 19.3 Å². The Kier molecular flexibility index (Phi) is 4.40. The van der Waals surface area contributed by atoms with Crippen LogP contribution in [0.4, 0.5) is 0 Å². The number of rotatable bonds is 4. The summed E-state index contributed by atoms with van der Waals surface area (Å²) in [7, 11) is 0. The number of alkyl halides is 1. The van der Waals surface area contributed by atoms with E-state index in [1.165, 1.54) is 0 Å². The van der Waals surface area contributed by atoms with Crippen molar-refractivity contribution in [2.75, 3.05) is 19.0 Å². The van der Waals surface area contributed by atoms with Gasteiger partial charge in [-0.2, -0.15) is 0 Å². The molecule has 12 heavy (non-hydrogen) atoms. The Bertz CT molecular complexity index is 146. The molecule has 0 radical (unpaired) electrons.